The average molecular weight is 137 g/mol. The number of ketones is 1. The molecule has 1 saturated carbocycles. The van der Waals surface area contributed by atoms with E-state index in [1.165, 1.54) is 0 Å². The fourth-order valence-electron chi connectivity index (χ4n) is 1.13. The Kier molecular flexibility index (Phi) is 2.08. The standard InChI is InChI=1S/C8H11NO/c1-2-3-8(10)7-4-6(7)5-9/h1,6-7H,3-5,9H2/t6-,7-/m0/s1. The molecule has 1 rings (SSSR count). The van der Waals surface area contributed by atoms with Gasteiger partial charge in [0.1, 0.15) is 5.78 Å². The van der Waals surface area contributed by atoms with E-state index in [2.05, 4.69) is 5.92 Å². The molecule has 0 saturated heterocycles. The van der Waals surface area contributed by atoms with Crippen molar-refractivity contribution in [2.45, 2.75) is 12.8 Å². The van der Waals surface area contributed by atoms with Crippen LogP contribution in [0.4, 0.5) is 0 Å². The number of carbonyl (C=O) groups excluding carboxylic acids is 1. The maximum atomic E-state index is 11.0. The summed E-state index contributed by atoms with van der Waals surface area (Å²) in [4.78, 5) is 11.0. The molecule has 0 spiro atoms. The number of rotatable bonds is 3. The molecule has 1 fully saturated rings. The molecule has 0 bridgehead atoms. The molecule has 1 aliphatic rings. The third-order valence-corrected chi connectivity index (χ3v) is 1.92. The Morgan fingerprint density at radius 3 is 2.90 bits per heavy atom. The first kappa shape index (κ1) is 7.30. The van der Waals surface area contributed by atoms with Gasteiger partial charge in [-0.3, -0.25) is 4.79 Å². The molecule has 0 aliphatic heterocycles. The highest BCUT2D eigenvalue weighted by Gasteiger charge is 2.40. The van der Waals surface area contributed by atoms with Gasteiger partial charge < -0.3 is 5.73 Å². The number of hydrogen-bond donors (Lipinski definition) is 1. The second kappa shape index (κ2) is 2.85. The topological polar surface area (TPSA) is 43.1 Å². The molecule has 0 aromatic rings. The summed E-state index contributed by atoms with van der Waals surface area (Å²) in [7, 11) is 0. The lowest BCUT2D eigenvalue weighted by Crippen LogP contribution is -2.07. The van der Waals surface area contributed by atoms with Crippen LogP contribution in [0.25, 0.3) is 0 Å². The van der Waals surface area contributed by atoms with Gasteiger partial charge in [0, 0.05) is 5.92 Å². The lowest BCUT2D eigenvalue weighted by molar-refractivity contribution is -0.119. The third kappa shape index (κ3) is 1.37. The Labute approximate surface area is 60.8 Å². The van der Waals surface area contributed by atoms with Crippen LogP contribution in [-0.4, -0.2) is 12.3 Å². The van der Waals surface area contributed by atoms with Gasteiger partial charge in [0.05, 0.1) is 6.42 Å². The van der Waals surface area contributed by atoms with Crippen LogP contribution in [0.3, 0.4) is 0 Å². The van der Waals surface area contributed by atoms with E-state index >= 15 is 0 Å². The summed E-state index contributed by atoms with van der Waals surface area (Å²) in [6.45, 7) is 0.626. The molecule has 0 aromatic heterocycles. The molecule has 0 heterocycles. The highest BCUT2D eigenvalue weighted by molar-refractivity contribution is 5.85. The molecule has 0 unspecified atom stereocenters. The maximum absolute atomic E-state index is 11.0. The highest BCUT2D eigenvalue weighted by atomic mass is 16.1. The lowest BCUT2D eigenvalue weighted by atomic mass is 10.2. The maximum Gasteiger partial charge on any atom is 0.148 e. The molecule has 1 aliphatic carbocycles. The van der Waals surface area contributed by atoms with Gasteiger partial charge in [-0.1, -0.05) is 5.92 Å². The molecule has 10 heavy (non-hydrogen) atoms. The molecule has 54 valence electrons. The van der Waals surface area contributed by atoms with Gasteiger partial charge in [-0.05, 0) is 18.9 Å². The third-order valence-electron chi connectivity index (χ3n) is 1.92. The van der Waals surface area contributed by atoms with Crippen molar-refractivity contribution in [1.82, 2.24) is 0 Å². The molecule has 0 radical (unpaired) electrons. The Balaban J connectivity index is 2.27. The average Bonchev–Trinajstić information content (AvgIpc) is 2.66. The fraction of sp³-hybridized carbons (Fsp3) is 0.625. The summed E-state index contributed by atoms with van der Waals surface area (Å²) in [6.07, 6.45) is 6.21. The van der Waals surface area contributed by atoms with E-state index in [4.69, 9.17) is 12.2 Å². The van der Waals surface area contributed by atoms with Gasteiger partial charge in [0.2, 0.25) is 0 Å². The van der Waals surface area contributed by atoms with Crippen molar-refractivity contribution in [3.8, 4) is 12.3 Å². The summed E-state index contributed by atoms with van der Waals surface area (Å²) in [6, 6.07) is 0. The highest BCUT2D eigenvalue weighted by Crippen LogP contribution is 2.38. The van der Waals surface area contributed by atoms with Crippen LogP contribution in [0.15, 0.2) is 0 Å². The van der Waals surface area contributed by atoms with Gasteiger partial charge in [-0.2, -0.15) is 0 Å². The molecule has 0 amide bonds. The van der Waals surface area contributed by atoms with E-state index in [0.717, 1.165) is 6.42 Å². The lowest BCUT2D eigenvalue weighted by Gasteiger charge is -1.90. The van der Waals surface area contributed by atoms with E-state index in [1.807, 2.05) is 0 Å². The molecule has 0 aromatic carbocycles. The van der Waals surface area contributed by atoms with Crippen LogP contribution in [0.5, 0.6) is 0 Å². The number of Topliss-reactive ketones (excluding diaryl/α,β-unsaturated/α-hetero) is 1. The number of nitrogens with two attached hydrogens (primary N) is 1. The second-order valence-corrected chi connectivity index (χ2v) is 2.69. The minimum Gasteiger partial charge on any atom is -0.330 e. The first-order valence-corrected chi connectivity index (χ1v) is 3.45. The van der Waals surface area contributed by atoms with Gasteiger partial charge in [0.25, 0.3) is 0 Å². The van der Waals surface area contributed by atoms with Gasteiger partial charge >= 0.3 is 0 Å². The van der Waals surface area contributed by atoms with Crippen molar-refractivity contribution in [3.05, 3.63) is 0 Å². The van der Waals surface area contributed by atoms with Crippen molar-refractivity contribution in [1.29, 1.82) is 0 Å². The molecular formula is C8H11NO. The van der Waals surface area contributed by atoms with Gasteiger partial charge in [0.15, 0.2) is 0 Å². The zero-order valence-corrected chi connectivity index (χ0v) is 5.84. The quantitative estimate of drug-likeness (QED) is 0.563. The Bertz CT molecular complexity index is 180. The van der Waals surface area contributed by atoms with Crippen LogP contribution in [-0.2, 0) is 4.79 Å². The SMILES string of the molecule is C#CCC(=O)[C@H]1C[C@H]1CN. The zero-order chi connectivity index (χ0) is 7.56. The summed E-state index contributed by atoms with van der Waals surface area (Å²) in [5.41, 5.74) is 5.35. The van der Waals surface area contributed by atoms with E-state index < -0.39 is 0 Å². The molecule has 2 atom stereocenters. The predicted octanol–water partition coefficient (Wildman–Crippen LogP) is 0.174. The van der Waals surface area contributed by atoms with Crippen molar-refractivity contribution in [3.63, 3.8) is 0 Å². The van der Waals surface area contributed by atoms with Crippen molar-refractivity contribution in [2.24, 2.45) is 17.6 Å². The van der Waals surface area contributed by atoms with E-state index in [1.54, 1.807) is 0 Å². The largest absolute Gasteiger partial charge is 0.330 e. The normalized spacial score (nSPS) is 29.2. The summed E-state index contributed by atoms with van der Waals surface area (Å²) < 4.78 is 0. The molecule has 2 nitrogen and oxygen atoms in total. The van der Waals surface area contributed by atoms with Crippen LogP contribution >= 0.6 is 0 Å². The Morgan fingerprint density at radius 1 is 1.80 bits per heavy atom. The van der Waals surface area contributed by atoms with Crippen LogP contribution in [0, 0.1) is 24.2 Å². The van der Waals surface area contributed by atoms with Gasteiger partial charge in [-0.15, -0.1) is 6.42 Å². The van der Waals surface area contributed by atoms with Crippen molar-refractivity contribution >= 4 is 5.78 Å². The van der Waals surface area contributed by atoms with Gasteiger partial charge in [-0.25, -0.2) is 0 Å². The van der Waals surface area contributed by atoms with Crippen LogP contribution in [0.2, 0.25) is 0 Å². The number of hydrogen-bond acceptors (Lipinski definition) is 2. The van der Waals surface area contributed by atoms with Crippen molar-refractivity contribution < 1.29 is 4.79 Å². The first-order valence-electron chi connectivity index (χ1n) is 3.45. The minimum absolute atomic E-state index is 0.193. The van der Waals surface area contributed by atoms with E-state index in [-0.39, 0.29) is 18.1 Å². The monoisotopic (exact) mass is 137 g/mol. The van der Waals surface area contributed by atoms with Crippen LogP contribution in [0.1, 0.15) is 12.8 Å². The van der Waals surface area contributed by atoms with E-state index in [9.17, 15) is 4.79 Å². The van der Waals surface area contributed by atoms with Crippen LogP contribution < -0.4 is 5.73 Å². The predicted molar refractivity (Wildman–Crippen MR) is 39.1 cm³/mol. The summed E-state index contributed by atoms with van der Waals surface area (Å²) >= 11 is 0. The summed E-state index contributed by atoms with van der Waals surface area (Å²) in [5, 5.41) is 0. The first-order chi connectivity index (χ1) is 4.79. The summed E-state index contributed by atoms with van der Waals surface area (Å²) in [5.74, 6) is 3.16. The van der Waals surface area contributed by atoms with E-state index in [0.29, 0.717) is 12.5 Å². The smallest absolute Gasteiger partial charge is 0.148 e. The Hall–Kier alpha value is -0.810. The van der Waals surface area contributed by atoms with Crippen molar-refractivity contribution in [2.75, 3.05) is 6.54 Å². The minimum atomic E-state index is 0.193. The Morgan fingerprint density at radius 2 is 2.50 bits per heavy atom. The molecule has 2 heteroatoms. The molecule has 2 N–H and O–H groups in total. The second-order valence-electron chi connectivity index (χ2n) is 2.69. The number of carbonyl (C=O) groups is 1. The fourth-order valence-corrected chi connectivity index (χ4v) is 1.13. The zero-order valence-electron chi connectivity index (χ0n) is 5.84. The molecular weight excluding hydrogens is 126 g/mol. The number of terminal acetylenes is 1.